The van der Waals surface area contributed by atoms with E-state index in [-0.39, 0.29) is 0 Å². The highest BCUT2D eigenvalue weighted by Crippen LogP contribution is 2.06. The summed E-state index contributed by atoms with van der Waals surface area (Å²) in [4.78, 5) is 10.0. The van der Waals surface area contributed by atoms with Gasteiger partial charge in [-0.05, 0) is 25.3 Å². The molecule has 0 unspecified atom stereocenters. The summed E-state index contributed by atoms with van der Waals surface area (Å²) in [5.41, 5.74) is 2.61. The van der Waals surface area contributed by atoms with Crippen LogP contribution in [0.3, 0.4) is 0 Å². The standard InChI is InChI=1S/C11H14O.C3H8.C2H6/c1-10-5-7-11(8-6-10)4-2-3-9-12;1-3-2;1-2/h5-9H,2-4H2,1H3;3H2,1-2H3;1-2H3. The second kappa shape index (κ2) is 14.9. The first-order valence-corrected chi connectivity index (χ1v) is 6.73. The summed E-state index contributed by atoms with van der Waals surface area (Å²) in [5, 5.41) is 0. The Morgan fingerprint density at radius 2 is 1.53 bits per heavy atom. The van der Waals surface area contributed by atoms with Gasteiger partial charge in [-0.25, -0.2) is 0 Å². The van der Waals surface area contributed by atoms with E-state index in [0.717, 1.165) is 19.1 Å². The van der Waals surface area contributed by atoms with E-state index < -0.39 is 0 Å². The molecule has 0 aliphatic rings. The molecule has 0 atom stereocenters. The first kappa shape index (κ1) is 18.3. The minimum Gasteiger partial charge on any atom is -0.303 e. The lowest BCUT2D eigenvalue weighted by Gasteiger charge is -1.98. The van der Waals surface area contributed by atoms with Crippen molar-refractivity contribution in [1.82, 2.24) is 0 Å². The van der Waals surface area contributed by atoms with E-state index in [1.807, 2.05) is 13.8 Å². The highest BCUT2D eigenvalue weighted by Gasteiger charge is 1.91. The molecule has 1 heteroatoms. The molecular weight excluding hydrogens is 208 g/mol. The van der Waals surface area contributed by atoms with Gasteiger partial charge in [0, 0.05) is 6.42 Å². The molecule has 0 aliphatic carbocycles. The van der Waals surface area contributed by atoms with Gasteiger partial charge in [0.1, 0.15) is 6.29 Å². The molecule has 0 heterocycles. The van der Waals surface area contributed by atoms with Crippen molar-refractivity contribution in [2.75, 3.05) is 0 Å². The predicted molar refractivity (Wildman–Crippen MR) is 77.5 cm³/mol. The Hall–Kier alpha value is -1.11. The van der Waals surface area contributed by atoms with Crippen LogP contribution in [0.4, 0.5) is 0 Å². The zero-order valence-electron chi connectivity index (χ0n) is 12.1. The summed E-state index contributed by atoms with van der Waals surface area (Å²) in [6, 6.07) is 8.47. The van der Waals surface area contributed by atoms with Crippen LogP contribution in [-0.4, -0.2) is 6.29 Å². The maximum absolute atomic E-state index is 10.0. The van der Waals surface area contributed by atoms with Gasteiger partial charge in [-0.15, -0.1) is 0 Å². The lowest BCUT2D eigenvalue weighted by molar-refractivity contribution is -0.107. The van der Waals surface area contributed by atoms with Crippen LogP contribution in [0.1, 0.15) is 58.1 Å². The van der Waals surface area contributed by atoms with Crippen molar-refractivity contribution in [2.24, 2.45) is 0 Å². The highest BCUT2D eigenvalue weighted by molar-refractivity contribution is 5.49. The zero-order valence-corrected chi connectivity index (χ0v) is 12.1. The number of unbranched alkanes of at least 4 members (excludes halogenated alkanes) is 1. The van der Waals surface area contributed by atoms with Gasteiger partial charge in [-0.2, -0.15) is 0 Å². The number of aryl methyl sites for hydroxylation is 2. The van der Waals surface area contributed by atoms with E-state index in [1.165, 1.54) is 17.5 Å². The quantitative estimate of drug-likeness (QED) is 0.533. The fourth-order valence-electron chi connectivity index (χ4n) is 1.14. The van der Waals surface area contributed by atoms with Gasteiger partial charge in [0.15, 0.2) is 0 Å². The molecule has 0 aliphatic heterocycles. The molecule has 0 bridgehead atoms. The largest absolute Gasteiger partial charge is 0.303 e. The Labute approximate surface area is 107 Å². The molecule has 0 N–H and O–H groups in total. The zero-order chi connectivity index (χ0) is 13.5. The van der Waals surface area contributed by atoms with E-state index in [1.54, 1.807) is 0 Å². The molecule has 0 amide bonds. The molecule has 1 aromatic rings. The van der Waals surface area contributed by atoms with E-state index >= 15 is 0 Å². The number of hydrogen-bond acceptors (Lipinski definition) is 1. The van der Waals surface area contributed by atoms with Crippen molar-refractivity contribution < 1.29 is 4.79 Å². The van der Waals surface area contributed by atoms with Gasteiger partial charge in [-0.3, -0.25) is 0 Å². The number of carbonyl (C=O) groups is 1. The molecule has 0 spiro atoms. The highest BCUT2D eigenvalue weighted by atomic mass is 16.1. The lowest BCUT2D eigenvalue weighted by Crippen LogP contribution is -1.85. The third-order valence-electron chi connectivity index (χ3n) is 1.91. The Balaban J connectivity index is 0. The minimum atomic E-state index is 0.674. The van der Waals surface area contributed by atoms with Crippen LogP contribution in [-0.2, 0) is 11.2 Å². The molecule has 1 aromatic carbocycles. The molecular formula is C16H28O. The van der Waals surface area contributed by atoms with Gasteiger partial charge in [0.2, 0.25) is 0 Å². The Bertz CT molecular complexity index is 249. The second-order valence-electron chi connectivity index (χ2n) is 3.75. The molecule has 0 aromatic heterocycles. The number of hydrogen-bond donors (Lipinski definition) is 0. The SMILES string of the molecule is CC.CCC.Cc1ccc(CCCC=O)cc1. The topological polar surface area (TPSA) is 17.1 Å². The summed E-state index contributed by atoms with van der Waals surface area (Å²) in [5.74, 6) is 0. The number of benzene rings is 1. The van der Waals surface area contributed by atoms with Crippen molar-refractivity contribution in [3.63, 3.8) is 0 Å². The molecule has 17 heavy (non-hydrogen) atoms. The summed E-state index contributed by atoms with van der Waals surface area (Å²) in [6.07, 6.45) is 4.88. The molecule has 0 saturated heterocycles. The van der Waals surface area contributed by atoms with Gasteiger partial charge in [0.05, 0.1) is 0 Å². The second-order valence-corrected chi connectivity index (χ2v) is 3.75. The first-order valence-electron chi connectivity index (χ1n) is 6.73. The Morgan fingerprint density at radius 3 is 1.94 bits per heavy atom. The van der Waals surface area contributed by atoms with E-state index in [4.69, 9.17) is 0 Å². The molecule has 98 valence electrons. The van der Waals surface area contributed by atoms with Crippen LogP contribution in [0.2, 0.25) is 0 Å². The van der Waals surface area contributed by atoms with Crippen LogP contribution in [0, 0.1) is 6.92 Å². The van der Waals surface area contributed by atoms with Crippen molar-refractivity contribution in [3.05, 3.63) is 35.4 Å². The summed E-state index contributed by atoms with van der Waals surface area (Å²) < 4.78 is 0. The molecule has 0 saturated carbocycles. The van der Waals surface area contributed by atoms with Crippen molar-refractivity contribution >= 4 is 6.29 Å². The lowest BCUT2D eigenvalue weighted by atomic mass is 10.1. The monoisotopic (exact) mass is 236 g/mol. The normalized spacial score (nSPS) is 8.29. The van der Waals surface area contributed by atoms with Gasteiger partial charge in [-0.1, -0.05) is 63.9 Å². The first-order chi connectivity index (χ1) is 8.24. The van der Waals surface area contributed by atoms with Crippen molar-refractivity contribution in [1.29, 1.82) is 0 Å². The Morgan fingerprint density at radius 1 is 1.06 bits per heavy atom. The maximum Gasteiger partial charge on any atom is 0.120 e. The fourth-order valence-corrected chi connectivity index (χ4v) is 1.14. The number of carbonyl (C=O) groups excluding carboxylic acids is 1. The van der Waals surface area contributed by atoms with Crippen molar-refractivity contribution in [3.8, 4) is 0 Å². The van der Waals surface area contributed by atoms with Crippen LogP contribution in [0.5, 0.6) is 0 Å². The number of rotatable bonds is 4. The van der Waals surface area contributed by atoms with Gasteiger partial charge >= 0.3 is 0 Å². The molecule has 1 nitrogen and oxygen atoms in total. The average molecular weight is 236 g/mol. The average Bonchev–Trinajstić information content (AvgIpc) is 2.36. The summed E-state index contributed by atoms with van der Waals surface area (Å²) in [7, 11) is 0. The fraction of sp³-hybridized carbons (Fsp3) is 0.562. The molecule has 0 fully saturated rings. The minimum absolute atomic E-state index is 0.674. The number of aldehydes is 1. The van der Waals surface area contributed by atoms with Gasteiger partial charge < -0.3 is 4.79 Å². The third kappa shape index (κ3) is 12.8. The van der Waals surface area contributed by atoms with Crippen LogP contribution in [0.25, 0.3) is 0 Å². The van der Waals surface area contributed by atoms with Crippen molar-refractivity contribution in [2.45, 2.75) is 60.3 Å². The van der Waals surface area contributed by atoms with E-state index in [2.05, 4.69) is 45.0 Å². The summed E-state index contributed by atoms with van der Waals surface area (Å²) >= 11 is 0. The summed E-state index contributed by atoms with van der Waals surface area (Å²) in [6.45, 7) is 10.3. The van der Waals surface area contributed by atoms with E-state index in [0.29, 0.717) is 6.42 Å². The smallest absolute Gasteiger partial charge is 0.120 e. The van der Waals surface area contributed by atoms with Crippen LogP contribution < -0.4 is 0 Å². The van der Waals surface area contributed by atoms with E-state index in [9.17, 15) is 4.79 Å². The van der Waals surface area contributed by atoms with Crippen LogP contribution >= 0.6 is 0 Å². The Kier molecular flexibility index (Phi) is 16.0. The maximum atomic E-state index is 10.0. The predicted octanol–water partition coefficient (Wildman–Crippen LogP) is 4.96. The van der Waals surface area contributed by atoms with Crippen LogP contribution in [0.15, 0.2) is 24.3 Å². The third-order valence-corrected chi connectivity index (χ3v) is 1.91. The molecule has 1 rings (SSSR count). The van der Waals surface area contributed by atoms with Gasteiger partial charge in [0.25, 0.3) is 0 Å². The molecule has 0 radical (unpaired) electrons.